The smallest absolute Gasteiger partial charge is 0.338 e. The first-order valence-electron chi connectivity index (χ1n) is 15.7. The maximum absolute atomic E-state index is 14.5. The molecule has 6 nitrogen and oxygen atoms in total. The Hall–Kier alpha value is -5.18. The average Bonchev–Trinajstić information content (AvgIpc) is 3.65. The summed E-state index contributed by atoms with van der Waals surface area (Å²) in [7, 11) is 0. The van der Waals surface area contributed by atoms with Crippen LogP contribution >= 0.6 is 23.1 Å². The highest BCUT2D eigenvalue weighted by atomic mass is 32.2. The molecule has 2 aromatic heterocycles. The van der Waals surface area contributed by atoms with Gasteiger partial charge in [0.25, 0.3) is 5.56 Å². The number of carbonyl (C=O) groups excluding carboxylic acids is 1. The zero-order valence-electron chi connectivity index (χ0n) is 26.8. The third-order valence-corrected chi connectivity index (χ3v) is 10.1. The van der Waals surface area contributed by atoms with Crippen molar-refractivity contribution in [3.05, 3.63) is 163 Å². The van der Waals surface area contributed by atoms with Crippen LogP contribution in [0.1, 0.15) is 31.0 Å². The molecule has 1 atom stereocenters. The van der Waals surface area contributed by atoms with Gasteiger partial charge in [0.1, 0.15) is 0 Å². The van der Waals surface area contributed by atoms with Crippen LogP contribution in [0.5, 0.6) is 0 Å². The first kappa shape index (κ1) is 31.4. The molecule has 0 N–H and O–H groups in total. The lowest BCUT2D eigenvalue weighted by molar-refractivity contribution is -0.139. The highest BCUT2D eigenvalue weighted by molar-refractivity contribution is 7.98. The van der Waals surface area contributed by atoms with Gasteiger partial charge in [-0.05, 0) is 73.2 Å². The van der Waals surface area contributed by atoms with Gasteiger partial charge in [0.2, 0.25) is 0 Å². The third-order valence-electron chi connectivity index (χ3n) is 8.40. The molecule has 6 aromatic rings. The lowest BCUT2D eigenvalue weighted by atomic mass is 9.96. The van der Waals surface area contributed by atoms with Crippen LogP contribution in [0.2, 0.25) is 0 Å². The summed E-state index contributed by atoms with van der Waals surface area (Å²) in [5.74, 6) is -0.467. The first-order valence-corrected chi connectivity index (χ1v) is 17.8. The molecule has 0 unspecified atom stereocenters. The molecule has 1 aliphatic rings. The number of hydrogen-bond donors (Lipinski definition) is 0. The van der Waals surface area contributed by atoms with E-state index in [-0.39, 0.29) is 12.2 Å². The fourth-order valence-corrected chi connectivity index (χ4v) is 7.68. The quantitative estimate of drug-likeness (QED) is 0.124. The van der Waals surface area contributed by atoms with Crippen molar-refractivity contribution in [1.82, 2.24) is 9.13 Å². The normalized spacial score (nSPS) is 14.5. The monoisotopic (exact) mass is 667 g/mol. The first-order chi connectivity index (χ1) is 23.5. The van der Waals surface area contributed by atoms with Crippen LogP contribution in [0.15, 0.2) is 147 Å². The van der Waals surface area contributed by atoms with Crippen molar-refractivity contribution in [3.63, 3.8) is 0 Å². The number of thiazole rings is 1. The summed E-state index contributed by atoms with van der Waals surface area (Å²) in [6.45, 7) is 3.82. The number of esters is 1. The van der Waals surface area contributed by atoms with Gasteiger partial charge in [0, 0.05) is 16.1 Å². The van der Waals surface area contributed by atoms with Crippen LogP contribution in [0.4, 0.5) is 0 Å². The zero-order valence-corrected chi connectivity index (χ0v) is 28.4. The predicted octanol–water partition coefficient (Wildman–Crippen LogP) is 7.64. The Balaban J connectivity index is 1.49. The lowest BCUT2D eigenvalue weighted by Crippen LogP contribution is -2.39. The molecule has 0 bridgehead atoms. The van der Waals surface area contributed by atoms with E-state index in [4.69, 9.17) is 9.73 Å². The number of fused-ring (bicyclic) bond motifs is 1. The average molecular weight is 668 g/mol. The Morgan fingerprint density at radius 1 is 0.896 bits per heavy atom. The molecule has 0 aliphatic carbocycles. The van der Waals surface area contributed by atoms with Crippen molar-refractivity contribution >= 4 is 35.1 Å². The van der Waals surface area contributed by atoms with Crippen molar-refractivity contribution in [2.24, 2.45) is 4.99 Å². The van der Waals surface area contributed by atoms with Crippen molar-refractivity contribution in [2.75, 3.05) is 12.9 Å². The summed E-state index contributed by atoms with van der Waals surface area (Å²) in [4.78, 5) is 34.3. The van der Waals surface area contributed by atoms with E-state index < -0.39 is 12.0 Å². The predicted molar refractivity (Wildman–Crippen MR) is 195 cm³/mol. The van der Waals surface area contributed by atoms with Crippen molar-refractivity contribution in [2.45, 2.75) is 24.8 Å². The second kappa shape index (κ2) is 13.5. The second-order valence-corrected chi connectivity index (χ2v) is 13.2. The molecule has 3 heterocycles. The maximum Gasteiger partial charge on any atom is 0.338 e. The Labute approximate surface area is 287 Å². The topological polar surface area (TPSA) is 65.6 Å². The fraction of sp³-hybridized carbons (Fsp3) is 0.125. The van der Waals surface area contributed by atoms with E-state index in [1.165, 1.54) is 11.3 Å². The van der Waals surface area contributed by atoms with Gasteiger partial charge in [-0.3, -0.25) is 9.36 Å². The number of rotatable bonds is 8. The molecule has 1 aliphatic heterocycles. The van der Waals surface area contributed by atoms with Gasteiger partial charge in [0.15, 0.2) is 4.80 Å². The third kappa shape index (κ3) is 5.78. The van der Waals surface area contributed by atoms with E-state index in [0.717, 1.165) is 44.2 Å². The highest BCUT2D eigenvalue weighted by Crippen LogP contribution is 2.37. The minimum atomic E-state index is -0.666. The molecule has 48 heavy (non-hydrogen) atoms. The van der Waals surface area contributed by atoms with Crippen LogP contribution in [0, 0.1) is 0 Å². The molecule has 0 saturated heterocycles. The van der Waals surface area contributed by atoms with Gasteiger partial charge >= 0.3 is 5.97 Å². The van der Waals surface area contributed by atoms with Gasteiger partial charge < -0.3 is 9.30 Å². The molecule has 0 saturated carbocycles. The van der Waals surface area contributed by atoms with Crippen molar-refractivity contribution in [1.29, 1.82) is 0 Å². The standard InChI is InChI=1S/C40H33N3O3S2/c1-4-46-39(45)35-26(2)41-40-43(37(35)29-20-22-32(47-3)23-21-29)38(44)34(48-40)25-30-24-33(27-14-8-5-9-15-27)42(31-18-12-7-13-19-31)36(30)28-16-10-6-11-17-28/h5-25,37H,4H2,1-3H3/b34-25-/t37-/m1/s1. The molecule has 0 fully saturated rings. The highest BCUT2D eigenvalue weighted by Gasteiger charge is 2.33. The summed E-state index contributed by atoms with van der Waals surface area (Å²) < 4.78 is 9.92. The van der Waals surface area contributed by atoms with Gasteiger partial charge in [-0.15, -0.1) is 11.8 Å². The Morgan fingerprint density at radius 3 is 2.15 bits per heavy atom. The van der Waals surface area contributed by atoms with Crippen LogP contribution in [-0.2, 0) is 9.53 Å². The number of nitrogens with zero attached hydrogens (tertiary/aromatic N) is 3. The number of thioether (sulfide) groups is 1. The maximum atomic E-state index is 14.5. The minimum absolute atomic E-state index is 0.209. The Morgan fingerprint density at radius 2 is 1.52 bits per heavy atom. The number of ether oxygens (including phenoxy) is 1. The molecular formula is C40H33N3O3S2. The largest absolute Gasteiger partial charge is 0.463 e. The number of carbonyl (C=O) groups is 1. The number of benzene rings is 4. The van der Waals surface area contributed by atoms with Gasteiger partial charge in [-0.1, -0.05) is 102 Å². The molecular weight excluding hydrogens is 635 g/mol. The van der Waals surface area contributed by atoms with Crippen LogP contribution in [0.3, 0.4) is 0 Å². The Bertz CT molecular complexity index is 2320. The number of hydrogen-bond acceptors (Lipinski definition) is 6. The number of aromatic nitrogens is 2. The van der Waals surface area contributed by atoms with Gasteiger partial charge in [-0.25, -0.2) is 9.79 Å². The minimum Gasteiger partial charge on any atom is -0.463 e. The van der Waals surface area contributed by atoms with E-state index in [1.807, 2.05) is 98.1 Å². The van der Waals surface area contributed by atoms with E-state index >= 15 is 0 Å². The van der Waals surface area contributed by atoms with E-state index in [2.05, 4.69) is 47.0 Å². The molecule has 0 amide bonds. The van der Waals surface area contributed by atoms with Crippen LogP contribution < -0.4 is 14.9 Å². The SMILES string of the molecule is CCOC(=O)C1=C(C)N=c2s/c(=C\c3cc(-c4ccccc4)n(-c4ccccc4)c3-c3ccccc3)c(=O)n2[C@@H]1c1ccc(SC)cc1. The van der Waals surface area contributed by atoms with Crippen LogP contribution in [0.25, 0.3) is 34.3 Å². The Kier molecular flexibility index (Phi) is 8.84. The number of allylic oxidation sites excluding steroid dienone is 1. The molecule has 8 heteroatoms. The zero-order chi connectivity index (χ0) is 33.2. The number of para-hydroxylation sites is 1. The van der Waals surface area contributed by atoms with Gasteiger partial charge in [0.05, 0.1) is 39.8 Å². The van der Waals surface area contributed by atoms with E-state index in [0.29, 0.717) is 20.6 Å². The summed E-state index contributed by atoms with van der Waals surface area (Å²) in [6, 6.07) is 40.3. The second-order valence-electron chi connectivity index (χ2n) is 11.3. The summed E-state index contributed by atoms with van der Waals surface area (Å²) in [5, 5.41) is 0. The molecule has 0 spiro atoms. The molecule has 4 aromatic carbocycles. The molecule has 0 radical (unpaired) electrons. The summed E-state index contributed by atoms with van der Waals surface area (Å²) in [5.41, 5.74) is 7.51. The van der Waals surface area contributed by atoms with Gasteiger partial charge in [-0.2, -0.15) is 0 Å². The van der Waals surface area contributed by atoms with Crippen molar-refractivity contribution < 1.29 is 9.53 Å². The summed E-state index contributed by atoms with van der Waals surface area (Å²) >= 11 is 2.97. The molecule has 238 valence electrons. The van der Waals surface area contributed by atoms with Crippen molar-refractivity contribution in [3.8, 4) is 28.2 Å². The lowest BCUT2D eigenvalue weighted by Gasteiger charge is -2.24. The molecule has 7 rings (SSSR count). The van der Waals surface area contributed by atoms with E-state index in [9.17, 15) is 9.59 Å². The fourth-order valence-electron chi connectivity index (χ4n) is 6.23. The summed E-state index contributed by atoms with van der Waals surface area (Å²) in [6.07, 6.45) is 3.99. The van der Waals surface area contributed by atoms with Crippen LogP contribution in [-0.4, -0.2) is 28.0 Å². The van der Waals surface area contributed by atoms with E-state index in [1.54, 1.807) is 23.3 Å².